The molecule has 24 heavy (non-hydrogen) atoms. The number of carbonyl (C=O) groups is 1. The first-order valence-electron chi connectivity index (χ1n) is 8.13. The first-order chi connectivity index (χ1) is 11.8. The number of rotatable bonds is 2. The average molecular weight is 332 g/mol. The molecule has 0 spiro atoms. The topological polar surface area (TPSA) is 63.2 Å². The molecule has 0 bridgehead atoms. The molecule has 0 unspecified atom stereocenters. The van der Waals surface area contributed by atoms with Gasteiger partial charge in [0.05, 0.1) is 12.7 Å². The Labute approximate surface area is 140 Å². The van der Waals surface area contributed by atoms with Crippen LogP contribution in [0.2, 0.25) is 0 Å². The summed E-state index contributed by atoms with van der Waals surface area (Å²) in [4.78, 5) is 11.8. The number of hydrogen-bond donors (Lipinski definition) is 0. The lowest BCUT2D eigenvalue weighted by Crippen LogP contribution is -2.59. The van der Waals surface area contributed by atoms with Gasteiger partial charge in [0.2, 0.25) is 0 Å². The third-order valence-corrected chi connectivity index (χ3v) is 4.70. The predicted octanol–water partition coefficient (Wildman–Crippen LogP) is 1.96. The Morgan fingerprint density at radius 2 is 1.96 bits per heavy atom. The van der Waals surface area contributed by atoms with E-state index in [1.807, 2.05) is 36.4 Å². The van der Waals surface area contributed by atoms with E-state index in [9.17, 15) is 4.79 Å². The summed E-state index contributed by atoms with van der Waals surface area (Å²) < 4.78 is 28.9. The largest absolute Gasteiger partial charge is 0.453 e. The number of esters is 1. The summed E-state index contributed by atoms with van der Waals surface area (Å²) in [6.45, 7) is 0.408. The molecule has 6 heteroatoms. The van der Waals surface area contributed by atoms with Crippen LogP contribution in [0.4, 0.5) is 0 Å². The Morgan fingerprint density at radius 3 is 2.75 bits per heavy atom. The van der Waals surface area contributed by atoms with Crippen LogP contribution in [0, 0.1) is 5.92 Å². The highest BCUT2D eigenvalue weighted by Crippen LogP contribution is 2.40. The van der Waals surface area contributed by atoms with Crippen molar-refractivity contribution in [3.05, 3.63) is 48.0 Å². The van der Waals surface area contributed by atoms with Gasteiger partial charge in [-0.1, -0.05) is 36.4 Å². The van der Waals surface area contributed by atoms with E-state index in [1.165, 1.54) is 6.08 Å². The van der Waals surface area contributed by atoms with Gasteiger partial charge in [-0.2, -0.15) is 0 Å². The van der Waals surface area contributed by atoms with Gasteiger partial charge < -0.3 is 23.7 Å². The number of benzene rings is 1. The van der Waals surface area contributed by atoms with Crippen LogP contribution in [0.15, 0.2) is 42.5 Å². The third kappa shape index (κ3) is 2.86. The van der Waals surface area contributed by atoms with Crippen molar-refractivity contribution in [2.75, 3.05) is 13.7 Å². The molecule has 0 N–H and O–H groups in total. The summed E-state index contributed by atoms with van der Waals surface area (Å²) in [5.74, 6) is -0.412. The molecule has 0 amide bonds. The van der Waals surface area contributed by atoms with Crippen LogP contribution in [-0.4, -0.2) is 44.3 Å². The fraction of sp³-hybridized carbons (Fsp3) is 0.500. The highest BCUT2D eigenvalue weighted by molar-refractivity contribution is 5.82. The van der Waals surface area contributed by atoms with E-state index in [4.69, 9.17) is 23.7 Å². The minimum Gasteiger partial charge on any atom is -0.453 e. The van der Waals surface area contributed by atoms with Crippen LogP contribution in [-0.2, 0) is 28.5 Å². The quantitative estimate of drug-likeness (QED) is 0.772. The lowest BCUT2D eigenvalue weighted by Gasteiger charge is -2.48. The van der Waals surface area contributed by atoms with Crippen LogP contribution in [0.3, 0.4) is 0 Å². The van der Waals surface area contributed by atoms with Crippen molar-refractivity contribution >= 4 is 5.97 Å². The maximum atomic E-state index is 11.8. The van der Waals surface area contributed by atoms with Crippen molar-refractivity contribution in [1.82, 2.24) is 0 Å². The highest BCUT2D eigenvalue weighted by Gasteiger charge is 2.51. The maximum Gasteiger partial charge on any atom is 0.330 e. The smallest absolute Gasteiger partial charge is 0.330 e. The normalized spacial score (nSPS) is 38.6. The fourth-order valence-electron chi connectivity index (χ4n) is 3.56. The number of carbonyl (C=O) groups excluding carboxylic acids is 1. The number of fused-ring (bicyclic) bond motifs is 3. The van der Waals surface area contributed by atoms with E-state index in [-0.39, 0.29) is 24.1 Å². The van der Waals surface area contributed by atoms with Gasteiger partial charge in [0.15, 0.2) is 18.7 Å². The molecule has 1 aromatic carbocycles. The molecule has 6 nitrogen and oxygen atoms in total. The van der Waals surface area contributed by atoms with Gasteiger partial charge in [0.1, 0.15) is 6.10 Å². The summed E-state index contributed by atoms with van der Waals surface area (Å²) in [5, 5.41) is 0. The standard InChI is InChI=1S/C18H20O6/c1-20-18-16-12(8-5-9-14(19)23-16)15-13(22-18)10-21-17(24-15)11-6-3-2-4-7-11/h2-7,9,12-13,15-18H,8,10H2,1H3/t12-,13+,15-,16+,17+,18-/m0/s1. The average Bonchev–Trinajstić information content (AvgIpc) is 2.83. The lowest BCUT2D eigenvalue weighted by molar-refractivity contribution is -0.350. The summed E-state index contributed by atoms with van der Waals surface area (Å²) >= 11 is 0. The minimum atomic E-state index is -0.611. The summed E-state index contributed by atoms with van der Waals surface area (Å²) in [5.41, 5.74) is 0.961. The van der Waals surface area contributed by atoms with E-state index in [0.29, 0.717) is 13.0 Å². The first kappa shape index (κ1) is 15.8. The van der Waals surface area contributed by atoms with E-state index in [0.717, 1.165) is 5.56 Å². The molecule has 2 saturated heterocycles. The van der Waals surface area contributed by atoms with Crippen LogP contribution >= 0.6 is 0 Å². The second kappa shape index (κ2) is 6.64. The van der Waals surface area contributed by atoms with E-state index in [2.05, 4.69) is 0 Å². The predicted molar refractivity (Wildman–Crippen MR) is 82.8 cm³/mol. The zero-order valence-electron chi connectivity index (χ0n) is 13.4. The van der Waals surface area contributed by atoms with Gasteiger partial charge in [0, 0.05) is 24.7 Å². The van der Waals surface area contributed by atoms with Crippen LogP contribution in [0.5, 0.6) is 0 Å². The van der Waals surface area contributed by atoms with Crippen molar-refractivity contribution in [1.29, 1.82) is 0 Å². The Kier molecular flexibility index (Phi) is 4.37. The highest BCUT2D eigenvalue weighted by atomic mass is 16.8. The van der Waals surface area contributed by atoms with Gasteiger partial charge in [-0.25, -0.2) is 4.79 Å². The molecule has 4 rings (SSSR count). The molecule has 0 aromatic heterocycles. The van der Waals surface area contributed by atoms with Gasteiger partial charge in [-0.05, 0) is 6.42 Å². The first-order valence-corrected chi connectivity index (χ1v) is 8.13. The molecule has 6 atom stereocenters. The monoisotopic (exact) mass is 332 g/mol. The molecular formula is C18H20O6. The second-order valence-electron chi connectivity index (χ2n) is 6.16. The molecule has 3 heterocycles. The Morgan fingerprint density at radius 1 is 1.12 bits per heavy atom. The number of ether oxygens (including phenoxy) is 5. The van der Waals surface area contributed by atoms with Crippen molar-refractivity contribution in [3.8, 4) is 0 Å². The van der Waals surface area contributed by atoms with Gasteiger partial charge in [-0.15, -0.1) is 0 Å². The Hall–Kier alpha value is -1.73. The summed E-state index contributed by atoms with van der Waals surface area (Å²) in [6, 6.07) is 9.79. The Balaban J connectivity index is 1.58. The zero-order valence-corrected chi connectivity index (χ0v) is 13.4. The fourth-order valence-corrected chi connectivity index (χ4v) is 3.56. The molecule has 0 radical (unpaired) electrons. The molecule has 0 aliphatic carbocycles. The zero-order chi connectivity index (χ0) is 16.5. The molecule has 0 saturated carbocycles. The van der Waals surface area contributed by atoms with E-state index in [1.54, 1.807) is 7.11 Å². The minimum absolute atomic E-state index is 0.0356. The van der Waals surface area contributed by atoms with Crippen molar-refractivity contribution in [2.45, 2.75) is 37.3 Å². The van der Waals surface area contributed by atoms with Crippen LogP contribution < -0.4 is 0 Å². The van der Waals surface area contributed by atoms with Gasteiger partial charge >= 0.3 is 5.97 Å². The number of hydrogen-bond acceptors (Lipinski definition) is 6. The van der Waals surface area contributed by atoms with E-state index < -0.39 is 18.7 Å². The molecule has 128 valence electrons. The van der Waals surface area contributed by atoms with Crippen molar-refractivity contribution < 1.29 is 28.5 Å². The SMILES string of the molecule is CO[C@H]1O[C@@H]2CO[C@@H](c3ccccc3)O[C@H]2[C@@H]2CC=CC(=O)O[C@@H]12. The lowest BCUT2D eigenvalue weighted by atomic mass is 9.85. The molecule has 1 aromatic rings. The Bertz CT molecular complexity index is 615. The summed E-state index contributed by atoms with van der Waals surface area (Å²) in [6.07, 6.45) is 1.93. The van der Waals surface area contributed by atoms with Gasteiger partial charge in [0.25, 0.3) is 0 Å². The maximum absolute atomic E-state index is 11.8. The van der Waals surface area contributed by atoms with Gasteiger partial charge in [-0.3, -0.25) is 0 Å². The molecular weight excluding hydrogens is 312 g/mol. The second-order valence-corrected chi connectivity index (χ2v) is 6.16. The molecule has 2 fully saturated rings. The van der Waals surface area contributed by atoms with Crippen LogP contribution in [0.25, 0.3) is 0 Å². The molecule has 3 aliphatic heterocycles. The third-order valence-electron chi connectivity index (χ3n) is 4.70. The number of methoxy groups -OCH3 is 1. The number of allylic oxidation sites excluding steroid dienone is 1. The molecule has 3 aliphatic rings. The van der Waals surface area contributed by atoms with Crippen LogP contribution in [0.1, 0.15) is 18.3 Å². The van der Waals surface area contributed by atoms with E-state index >= 15 is 0 Å². The summed E-state index contributed by atoms with van der Waals surface area (Å²) in [7, 11) is 1.55. The van der Waals surface area contributed by atoms with Crippen molar-refractivity contribution in [2.24, 2.45) is 5.92 Å². The van der Waals surface area contributed by atoms with Crippen molar-refractivity contribution in [3.63, 3.8) is 0 Å².